The lowest BCUT2D eigenvalue weighted by Gasteiger charge is -2.07. The maximum absolute atomic E-state index is 11.3. The Morgan fingerprint density at radius 3 is 2.39 bits per heavy atom. The summed E-state index contributed by atoms with van der Waals surface area (Å²) in [6.45, 7) is 4.49. The van der Waals surface area contributed by atoms with E-state index in [4.69, 9.17) is 4.74 Å². The van der Waals surface area contributed by atoms with Crippen LogP contribution < -0.4 is 10.1 Å². The van der Waals surface area contributed by atoms with Gasteiger partial charge in [0.1, 0.15) is 5.75 Å². The first-order valence-electron chi connectivity index (χ1n) is 5.88. The molecule has 0 saturated heterocycles. The smallest absolute Gasteiger partial charge is 0.397 e. The van der Waals surface area contributed by atoms with Gasteiger partial charge >= 0.3 is 11.9 Å². The maximum atomic E-state index is 11.3. The van der Waals surface area contributed by atoms with Gasteiger partial charge in [-0.25, -0.2) is 4.79 Å². The van der Waals surface area contributed by atoms with E-state index >= 15 is 0 Å². The molecule has 5 heteroatoms. The minimum atomic E-state index is -0.885. The molecule has 1 aromatic rings. The molecule has 0 heterocycles. The first kappa shape index (κ1) is 14.0. The van der Waals surface area contributed by atoms with Crippen molar-refractivity contribution in [1.82, 2.24) is 0 Å². The van der Waals surface area contributed by atoms with Gasteiger partial charge < -0.3 is 14.8 Å². The number of hydrogen-bond acceptors (Lipinski definition) is 4. The number of carbonyl (C=O) groups is 2. The molecule has 1 N–H and O–H groups in total. The summed E-state index contributed by atoms with van der Waals surface area (Å²) in [5.41, 5.74) is 0.525. The van der Waals surface area contributed by atoms with Gasteiger partial charge in [-0.05, 0) is 37.6 Å². The Bertz CT molecular complexity index is 400. The number of esters is 1. The molecule has 98 valence electrons. The monoisotopic (exact) mass is 251 g/mol. The Morgan fingerprint density at radius 1 is 1.17 bits per heavy atom. The lowest BCUT2D eigenvalue weighted by molar-refractivity contribution is -0.152. The number of anilines is 1. The Hall–Kier alpha value is -2.04. The summed E-state index contributed by atoms with van der Waals surface area (Å²) in [6.07, 6.45) is 0.932. The fraction of sp³-hybridized carbons (Fsp3) is 0.385. The summed E-state index contributed by atoms with van der Waals surface area (Å²) in [4.78, 5) is 22.4. The summed E-state index contributed by atoms with van der Waals surface area (Å²) < 4.78 is 9.97. The third-order valence-electron chi connectivity index (χ3n) is 2.05. The molecular formula is C13H17NO4. The number of amides is 1. The quantitative estimate of drug-likeness (QED) is 0.642. The summed E-state index contributed by atoms with van der Waals surface area (Å²) in [5.74, 6) is -0.936. The molecule has 1 rings (SSSR count). The van der Waals surface area contributed by atoms with Crippen molar-refractivity contribution in [3.05, 3.63) is 24.3 Å². The predicted octanol–water partition coefficient (Wildman–Crippen LogP) is 1.98. The van der Waals surface area contributed by atoms with Crippen LogP contribution in [0.15, 0.2) is 24.3 Å². The molecule has 0 bridgehead atoms. The number of rotatable bonds is 5. The molecule has 1 aromatic carbocycles. The van der Waals surface area contributed by atoms with Crippen molar-refractivity contribution < 1.29 is 19.1 Å². The zero-order valence-electron chi connectivity index (χ0n) is 10.6. The third kappa shape index (κ3) is 4.45. The third-order valence-corrected chi connectivity index (χ3v) is 2.05. The zero-order valence-corrected chi connectivity index (χ0v) is 10.6. The van der Waals surface area contributed by atoms with Gasteiger partial charge in [-0.2, -0.15) is 0 Å². The van der Waals surface area contributed by atoms with Crippen molar-refractivity contribution >= 4 is 17.6 Å². The second-order valence-electron chi connectivity index (χ2n) is 3.55. The SMILES string of the molecule is CCCOc1ccc(NC(=O)C(=O)OCC)cc1. The van der Waals surface area contributed by atoms with Gasteiger partial charge in [0.2, 0.25) is 0 Å². The van der Waals surface area contributed by atoms with Crippen molar-refractivity contribution in [2.24, 2.45) is 0 Å². The van der Waals surface area contributed by atoms with Gasteiger partial charge in [0.05, 0.1) is 13.2 Å². The highest BCUT2D eigenvalue weighted by molar-refractivity contribution is 6.37. The molecule has 0 saturated carbocycles. The van der Waals surface area contributed by atoms with E-state index in [0.717, 1.165) is 12.2 Å². The molecule has 0 unspecified atom stereocenters. The molecule has 5 nitrogen and oxygen atoms in total. The van der Waals surface area contributed by atoms with Crippen molar-refractivity contribution in [3.8, 4) is 5.75 Å². The first-order valence-corrected chi connectivity index (χ1v) is 5.88. The highest BCUT2D eigenvalue weighted by atomic mass is 16.5. The summed E-state index contributed by atoms with van der Waals surface area (Å²) in [5, 5.41) is 2.44. The lowest BCUT2D eigenvalue weighted by Crippen LogP contribution is -2.24. The van der Waals surface area contributed by atoms with E-state index in [1.54, 1.807) is 31.2 Å². The Balaban J connectivity index is 2.52. The Morgan fingerprint density at radius 2 is 1.83 bits per heavy atom. The van der Waals surface area contributed by atoms with Crippen LogP contribution in [0.1, 0.15) is 20.3 Å². The fourth-order valence-electron chi connectivity index (χ4n) is 1.23. The molecule has 0 spiro atoms. The van der Waals surface area contributed by atoms with E-state index in [-0.39, 0.29) is 6.61 Å². The van der Waals surface area contributed by atoms with Crippen LogP contribution in [-0.2, 0) is 14.3 Å². The molecule has 1 amide bonds. The van der Waals surface area contributed by atoms with Gasteiger partial charge in [0, 0.05) is 5.69 Å². The van der Waals surface area contributed by atoms with Gasteiger partial charge in [-0.15, -0.1) is 0 Å². The highest BCUT2D eigenvalue weighted by Gasteiger charge is 2.14. The van der Waals surface area contributed by atoms with Gasteiger partial charge in [0.15, 0.2) is 0 Å². The van der Waals surface area contributed by atoms with Crippen molar-refractivity contribution in [2.45, 2.75) is 20.3 Å². The second kappa shape index (κ2) is 7.32. The zero-order chi connectivity index (χ0) is 13.4. The van der Waals surface area contributed by atoms with Gasteiger partial charge in [-0.3, -0.25) is 4.79 Å². The topological polar surface area (TPSA) is 64.6 Å². The van der Waals surface area contributed by atoms with Gasteiger partial charge in [0.25, 0.3) is 0 Å². The second-order valence-corrected chi connectivity index (χ2v) is 3.55. The number of hydrogen-bond donors (Lipinski definition) is 1. The molecule has 18 heavy (non-hydrogen) atoms. The van der Waals surface area contributed by atoms with Crippen LogP contribution in [0.5, 0.6) is 5.75 Å². The van der Waals surface area contributed by atoms with E-state index in [2.05, 4.69) is 10.1 Å². The molecule has 0 aliphatic rings. The summed E-state index contributed by atoms with van der Waals surface area (Å²) >= 11 is 0. The fourth-order valence-corrected chi connectivity index (χ4v) is 1.23. The summed E-state index contributed by atoms with van der Waals surface area (Å²) in [7, 11) is 0. The average Bonchev–Trinajstić information content (AvgIpc) is 2.38. The number of benzene rings is 1. The van der Waals surface area contributed by atoms with Gasteiger partial charge in [-0.1, -0.05) is 6.92 Å². The average molecular weight is 251 g/mol. The van der Waals surface area contributed by atoms with Crippen LogP contribution in [-0.4, -0.2) is 25.1 Å². The molecule has 0 radical (unpaired) electrons. The molecule has 0 aliphatic heterocycles. The minimum Gasteiger partial charge on any atom is -0.494 e. The molecule has 0 atom stereocenters. The van der Waals surface area contributed by atoms with E-state index in [1.807, 2.05) is 6.92 Å². The Kier molecular flexibility index (Phi) is 5.70. The standard InChI is InChI=1S/C13H17NO4/c1-3-9-18-11-7-5-10(6-8-11)14-12(15)13(16)17-4-2/h5-8H,3-4,9H2,1-2H3,(H,14,15). The van der Waals surface area contributed by atoms with E-state index in [1.165, 1.54) is 0 Å². The first-order chi connectivity index (χ1) is 8.67. The van der Waals surface area contributed by atoms with Crippen LogP contribution in [0.2, 0.25) is 0 Å². The van der Waals surface area contributed by atoms with Crippen LogP contribution in [0.3, 0.4) is 0 Å². The predicted molar refractivity (Wildman–Crippen MR) is 67.5 cm³/mol. The molecular weight excluding hydrogens is 234 g/mol. The van der Waals surface area contributed by atoms with E-state index < -0.39 is 11.9 Å². The highest BCUT2D eigenvalue weighted by Crippen LogP contribution is 2.15. The van der Waals surface area contributed by atoms with Crippen LogP contribution >= 0.6 is 0 Å². The number of ether oxygens (including phenoxy) is 2. The number of nitrogens with one attached hydrogen (secondary N) is 1. The van der Waals surface area contributed by atoms with Crippen LogP contribution in [0.4, 0.5) is 5.69 Å². The maximum Gasteiger partial charge on any atom is 0.397 e. The van der Waals surface area contributed by atoms with Crippen molar-refractivity contribution in [1.29, 1.82) is 0 Å². The Labute approximate surface area is 106 Å². The van der Waals surface area contributed by atoms with E-state index in [9.17, 15) is 9.59 Å². The minimum absolute atomic E-state index is 0.177. The van der Waals surface area contributed by atoms with Crippen LogP contribution in [0.25, 0.3) is 0 Å². The largest absolute Gasteiger partial charge is 0.494 e. The molecule has 0 aliphatic carbocycles. The number of carbonyl (C=O) groups excluding carboxylic acids is 2. The summed E-state index contributed by atoms with van der Waals surface area (Å²) in [6, 6.07) is 6.80. The van der Waals surface area contributed by atoms with Crippen molar-refractivity contribution in [2.75, 3.05) is 18.5 Å². The normalized spacial score (nSPS) is 9.67. The van der Waals surface area contributed by atoms with Crippen molar-refractivity contribution in [3.63, 3.8) is 0 Å². The molecule has 0 aromatic heterocycles. The lowest BCUT2D eigenvalue weighted by atomic mass is 10.3. The molecule has 0 fully saturated rings. The van der Waals surface area contributed by atoms with Crippen LogP contribution in [0, 0.1) is 0 Å². The van der Waals surface area contributed by atoms with E-state index in [0.29, 0.717) is 12.3 Å².